The van der Waals surface area contributed by atoms with Crippen LogP contribution in [0, 0.1) is 5.82 Å². The molecular weight excluding hydrogens is 215 g/mol. The van der Waals surface area contributed by atoms with Crippen LogP contribution in [0.2, 0.25) is 0 Å². The van der Waals surface area contributed by atoms with Gasteiger partial charge in [0.2, 0.25) is 0 Å². The summed E-state index contributed by atoms with van der Waals surface area (Å²) < 4.78 is 13.2. The van der Waals surface area contributed by atoms with Crippen molar-refractivity contribution in [1.82, 2.24) is 5.32 Å². The summed E-state index contributed by atoms with van der Waals surface area (Å²) in [5.74, 6) is -3.01. The summed E-state index contributed by atoms with van der Waals surface area (Å²) in [7, 11) is 0. The first kappa shape index (κ1) is 12.1. The smallest absolute Gasteiger partial charge is 0.344 e. The lowest BCUT2D eigenvalue weighted by molar-refractivity contribution is -0.143. The van der Waals surface area contributed by atoms with Gasteiger partial charge in [-0.2, -0.15) is 0 Å². The minimum atomic E-state index is -1.93. The molecule has 86 valence electrons. The van der Waals surface area contributed by atoms with E-state index in [4.69, 9.17) is 10.8 Å². The molecule has 1 aromatic carbocycles. The monoisotopic (exact) mass is 226 g/mol. The number of carbonyl (C=O) groups is 2. The van der Waals surface area contributed by atoms with Crippen LogP contribution >= 0.6 is 0 Å². The number of carboxylic acid groups (broad SMARTS) is 1. The number of amides is 1. The fourth-order valence-corrected chi connectivity index (χ4v) is 1.00. The molecule has 16 heavy (non-hydrogen) atoms. The van der Waals surface area contributed by atoms with E-state index in [1.165, 1.54) is 18.2 Å². The van der Waals surface area contributed by atoms with Crippen molar-refractivity contribution in [1.29, 1.82) is 0 Å². The van der Waals surface area contributed by atoms with Crippen LogP contribution in [-0.4, -0.2) is 22.6 Å². The molecule has 0 spiro atoms. The molecule has 1 unspecified atom stereocenters. The average molecular weight is 226 g/mol. The molecule has 0 aliphatic carbocycles. The van der Waals surface area contributed by atoms with Crippen LogP contribution in [0.3, 0.4) is 0 Å². The summed E-state index contributed by atoms with van der Waals surface area (Å²) in [5.41, 5.74) is 3.11. The van der Waals surface area contributed by atoms with E-state index >= 15 is 0 Å². The molecule has 1 atom stereocenters. The largest absolute Gasteiger partial charge is 0.479 e. The first-order chi connectivity index (χ1) is 7.34. The molecule has 4 N–H and O–H groups in total. The topological polar surface area (TPSA) is 92.4 Å². The third-order valence-corrected chi connectivity index (χ3v) is 1.94. The maximum atomic E-state index is 13.2. The number of carbonyl (C=O) groups excluding carboxylic acids is 1. The molecule has 1 amide bonds. The van der Waals surface area contributed by atoms with Gasteiger partial charge in [-0.05, 0) is 19.1 Å². The Morgan fingerprint density at radius 1 is 1.44 bits per heavy atom. The Morgan fingerprint density at radius 2 is 2.00 bits per heavy atom. The zero-order chi connectivity index (χ0) is 12.3. The highest BCUT2D eigenvalue weighted by Crippen LogP contribution is 2.07. The average Bonchev–Trinajstić information content (AvgIpc) is 2.17. The van der Waals surface area contributed by atoms with Crippen molar-refractivity contribution in [3.8, 4) is 0 Å². The first-order valence-electron chi connectivity index (χ1n) is 4.44. The number of carboxylic acids is 1. The highest BCUT2D eigenvalue weighted by Gasteiger charge is 2.30. The summed E-state index contributed by atoms with van der Waals surface area (Å²) in [6.45, 7) is 1.11. The van der Waals surface area contributed by atoms with Gasteiger partial charge in [0.05, 0.1) is 5.56 Å². The SMILES string of the molecule is CC(N)(NC(=O)c1ccccc1F)C(=O)O. The van der Waals surface area contributed by atoms with E-state index in [1.54, 1.807) is 0 Å². The van der Waals surface area contributed by atoms with Crippen molar-refractivity contribution < 1.29 is 19.1 Å². The molecule has 0 saturated heterocycles. The van der Waals surface area contributed by atoms with Gasteiger partial charge in [0.25, 0.3) is 5.91 Å². The second-order valence-corrected chi connectivity index (χ2v) is 3.44. The standard InChI is InChI=1S/C10H11FN2O3/c1-10(12,9(15)16)13-8(14)6-4-2-3-5-7(6)11/h2-5H,12H2,1H3,(H,13,14)(H,15,16). The lowest BCUT2D eigenvalue weighted by atomic mass is 10.1. The van der Waals surface area contributed by atoms with E-state index in [9.17, 15) is 14.0 Å². The fourth-order valence-electron chi connectivity index (χ4n) is 1.00. The van der Waals surface area contributed by atoms with Crippen molar-refractivity contribution in [2.45, 2.75) is 12.6 Å². The van der Waals surface area contributed by atoms with Crippen LogP contribution in [0.4, 0.5) is 4.39 Å². The Bertz CT molecular complexity index is 432. The Hall–Kier alpha value is -1.95. The minimum absolute atomic E-state index is 0.250. The summed E-state index contributed by atoms with van der Waals surface area (Å²) in [6, 6.07) is 5.23. The van der Waals surface area contributed by atoms with Gasteiger partial charge in [-0.15, -0.1) is 0 Å². The summed E-state index contributed by atoms with van der Waals surface area (Å²) >= 11 is 0. The van der Waals surface area contributed by atoms with E-state index in [1.807, 2.05) is 5.32 Å². The summed E-state index contributed by atoms with van der Waals surface area (Å²) in [4.78, 5) is 22.1. The van der Waals surface area contributed by atoms with Crippen LogP contribution in [0.5, 0.6) is 0 Å². The third kappa shape index (κ3) is 2.54. The molecule has 0 heterocycles. The number of nitrogens with two attached hydrogens (primary N) is 1. The van der Waals surface area contributed by atoms with Crippen molar-refractivity contribution in [3.05, 3.63) is 35.6 Å². The Morgan fingerprint density at radius 3 is 2.50 bits per heavy atom. The van der Waals surface area contributed by atoms with Crippen molar-refractivity contribution in [2.75, 3.05) is 0 Å². The van der Waals surface area contributed by atoms with Crippen LogP contribution in [-0.2, 0) is 4.79 Å². The van der Waals surface area contributed by atoms with Gasteiger partial charge in [-0.1, -0.05) is 12.1 Å². The zero-order valence-electron chi connectivity index (χ0n) is 8.53. The molecule has 5 nitrogen and oxygen atoms in total. The molecule has 0 bridgehead atoms. The van der Waals surface area contributed by atoms with E-state index in [0.717, 1.165) is 13.0 Å². The predicted molar refractivity (Wildman–Crippen MR) is 54.1 cm³/mol. The summed E-state index contributed by atoms with van der Waals surface area (Å²) in [5, 5.41) is 10.7. The highest BCUT2D eigenvalue weighted by molar-refractivity contribution is 5.97. The molecule has 6 heteroatoms. The van der Waals surface area contributed by atoms with Crippen LogP contribution in [0.1, 0.15) is 17.3 Å². The zero-order valence-corrected chi connectivity index (χ0v) is 8.53. The molecule has 1 aromatic rings. The maximum Gasteiger partial charge on any atom is 0.344 e. The van der Waals surface area contributed by atoms with Crippen molar-refractivity contribution >= 4 is 11.9 Å². The van der Waals surface area contributed by atoms with Crippen LogP contribution in [0.15, 0.2) is 24.3 Å². The molecule has 0 saturated carbocycles. The molecule has 0 aliphatic rings. The molecular formula is C10H11FN2O3. The van der Waals surface area contributed by atoms with Crippen LogP contribution < -0.4 is 11.1 Å². The van der Waals surface area contributed by atoms with Gasteiger partial charge in [0.15, 0.2) is 5.66 Å². The lowest BCUT2D eigenvalue weighted by Crippen LogP contribution is -2.59. The second kappa shape index (κ2) is 4.28. The highest BCUT2D eigenvalue weighted by atomic mass is 19.1. The van der Waals surface area contributed by atoms with Gasteiger partial charge < -0.3 is 10.4 Å². The number of benzene rings is 1. The number of aliphatic carboxylic acids is 1. The minimum Gasteiger partial charge on any atom is -0.479 e. The van der Waals surface area contributed by atoms with E-state index in [2.05, 4.69) is 0 Å². The number of nitrogens with one attached hydrogen (secondary N) is 1. The Balaban J connectivity index is 2.89. The molecule has 0 aromatic heterocycles. The molecule has 1 rings (SSSR count). The quantitative estimate of drug-likeness (QED) is 0.647. The van der Waals surface area contributed by atoms with Gasteiger partial charge in [0, 0.05) is 0 Å². The molecule has 0 radical (unpaired) electrons. The van der Waals surface area contributed by atoms with Crippen molar-refractivity contribution in [3.63, 3.8) is 0 Å². The van der Waals surface area contributed by atoms with Gasteiger partial charge in [-0.3, -0.25) is 10.5 Å². The van der Waals surface area contributed by atoms with E-state index < -0.39 is 23.4 Å². The fraction of sp³-hybridized carbons (Fsp3) is 0.200. The third-order valence-electron chi connectivity index (χ3n) is 1.94. The lowest BCUT2D eigenvalue weighted by Gasteiger charge is -2.20. The van der Waals surface area contributed by atoms with E-state index in [0.29, 0.717) is 0 Å². The number of hydrogen-bond donors (Lipinski definition) is 3. The van der Waals surface area contributed by atoms with Gasteiger partial charge in [-0.25, -0.2) is 9.18 Å². The Kier molecular flexibility index (Phi) is 3.24. The maximum absolute atomic E-state index is 13.2. The predicted octanol–water partition coefficient (Wildman–Crippen LogP) is 0.315. The molecule has 0 aliphatic heterocycles. The number of halogens is 1. The van der Waals surface area contributed by atoms with Crippen molar-refractivity contribution in [2.24, 2.45) is 5.73 Å². The molecule has 0 fully saturated rings. The van der Waals surface area contributed by atoms with Gasteiger partial charge in [0.1, 0.15) is 5.82 Å². The second-order valence-electron chi connectivity index (χ2n) is 3.44. The summed E-state index contributed by atoms with van der Waals surface area (Å²) in [6.07, 6.45) is 0. The van der Waals surface area contributed by atoms with Crippen LogP contribution in [0.25, 0.3) is 0 Å². The van der Waals surface area contributed by atoms with E-state index in [-0.39, 0.29) is 5.56 Å². The Labute approximate surface area is 91.1 Å². The normalized spacial score (nSPS) is 13.9. The first-order valence-corrected chi connectivity index (χ1v) is 4.44. The number of hydrogen-bond acceptors (Lipinski definition) is 3. The van der Waals surface area contributed by atoms with Gasteiger partial charge >= 0.3 is 5.97 Å². The number of rotatable bonds is 3.